The second-order valence-electron chi connectivity index (χ2n) is 6.58. The first-order valence-electron chi connectivity index (χ1n) is 7.91. The minimum atomic E-state index is -0.901. The quantitative estimate of drug-likeness (QED) is 0.693. The highest BCUT2D eigenvalue weighted by molar-refractivity contribution is 6.31. The van der Waals surface area contributed by atoms with Crippen molar-refractivity contribution in [1.82, 2.24) is 20.8 Å². The van der Waals surface area contributed by atoms with Gasteiger partial charge in [-0.25, -0.2) is 4.79 Å². The number of hydrogen-bond donors (Lipinski definition) is 4. The molecule has 2 saturated carbocycles. The molecule has 1 aromatic heterocycles. The highest BCUT2D eigenvalue weighted by Crippen LogP contribution is 2.60. The number of H-pyrrole nitrogens is 1. The van der Waals surface area contributed by atoms with Gasteiger partial charge in [-0.05, 0) is 49.3 Å². The van der Waals surface area contributed by atoms with Crippen LogP contribution >= 0.6 is 11.6 Å². The first-order valence-corrected chi connectivity index (χ1v) is 8.29. The van der Waals surface area contributed by atoms with Crippen LogP contribution in [-0.4, -0.2) is 33.9 Å². The van der Waals surface area contributed by atoms with Gasteiger partial charge in [-0.3, -0.25) is 5.10 Å². The second-order valence-corrected chi connectivity index (χ2v) is 7.02. The Hall–Kier alpha value is -1.79. The molecule has 0 bridgehead atoms. The maximum Gasteiger partial charge on any atom is 0.315 e. The van der Waals surface area contributed by atoms with E-state index in [1.165, 1.54) is 0 Å². The molecule has 4 atom stereocenters. The van der Waals surface area contributed by atoms with Crippen molar-refractivity contribution in [3.63, 3.8) is 0 Å². The highest BCUT2D eigenvalue weighted by atomic mass is 35.5. The average molecular weight is 335 g/mol. The number of aliphatic hydroxyl groups is 1. The van der Waals surface area contributed by atoms with Crippen molar-refractivity contribution in [1.29, 1.82) is 0 Å². The molecule has 0 saturated heterocycles. The molecule has 2 fully saturated rings. The van der Waals surface area contributed by atoms with Gasteiger partial charge < -0.3 is 15.7 Å². The Kier molecular flexibility index (Phi) is 3.28. The zero-order chi connectivity index (χ0) is 16.2. The fourth-order valence-corrected chi connectivity index (χ4v) is 4.28. The SMILES string of the molecule is CCNC(=O)N[C@H]1[C@@H]2C[C@@](O)(c3cc(Cl)cc4[nH]ncc34)C[C@@H]21. The Bertz CT molecular complexity index is 763. The van der Waals surface area contributed by atoms with E-state index in [0.29, 0.717) is 36.2 Å². The smallest absolute Gasteiger partial charge is 0.315 e. The number of nitrogens with zero attached hydrogens (tertiary/aromatic N) is 1. The van der Waals surface area contributed by atoms with E-state index in [1.54, 1.807) is 6.20 Å². The van der Waals surface area contributed by atoms with E-state index in [0.717, 1.165) is 16.5 Å². The Labute approximate surface area is 138 Å². The summed E-state index contributed by atoms with van der Waals surface area (Å²) in [6.45, 7) is 2.50. The van der Waals surface area contributed by atoms with Gasteiger partial charge in [0.05, 0.1) is 17.3 Å². The lowest BCUT2D eigenvalue weighted by atomic mass is 9.86. The summed E-state index contributed by atoms with van der Waals surface area (Å²) in [5.41, 5.74) is 0.762. The van der Waals surface area contributed by atoms with E-state index >= 15 is 0 Å². The molecule has 122 valence electrons. The van der Waals surface area contributed by atoms with Gasteiger partial charge in [0, 0.05) is 23.0 Å². The molecule has 7 heteroatoms. The predicted molar refractivity (Wildman–Crippen MR) is 87.2 cm³/mol. The van der Waals surface area contributed by atoms with Crippen molar-refractivity contribution in [2.24, 2.45) is 11.8 Å². The Morgan fingerprint density at radius 3 is 2.91 bits per heavy atom. The van der Waals surface area contributed by atoms with Crippen LogP contribution in [0.1, 0.15) is 25.3 Å². The summed E-state index contributed by atoms with van der Waals surface area (Å²) in [5, 5.41) is 25.3. The van der Waals surface area contributed by atoms with Crippen molar-refractivity contribution >= 4 is 28.5 Å². The van der Waals surface area contributed by atoms with E-state index in [1.807, 2.05) is 19.1 Å². The summed E-state index contributed by atoms with van der Waals surface area (Å²) in [6.07, 6.45) is 3.00. The molecule has 2 amide bonds. The van der Waals surface area contributed by atoms with Crippen LogP contribution in [0.15, 0.2) is 18.3 Å². The first kappa shape index (κ1) is 14.8. The van der Waals surface area contributed by atoms with Crippen LogP contribution in [0.3, 0.4) is 0 Å². The monoisotopic (exact) mass is 334 g/mol. The molecule has 0 aliphatic heterocycles. The number of fused-ring (bicyclic) bond motifs is 2. The van der Waals surface area contributed by atoms with Gasteiger partial charge in [-0.2, -0.15) is 5.10 Å². The lowest BCUT2D eigenvalue weighted by Crippen LogP contribution is -2.39. The molecule has 2 aromatic rings. The highest BCUT2D eigenvalue weighted by Gasteiger charge is 2.62. The van der Waals surface area contributed by atoms with Gasteiger partial charge in [-0.1, -0.05) is 11.6 Å². The minimum Gasteiger partial charge on any atom is -0.385 e. The molecule has 0 radical (unpaired) electrons. The maximum absolute atomic E-state index is 11.6. The number of aromatic amines is 1. The first-order chi connectivity index (χ1) is 11.0. The fraction of sp³-hybridized carbons (Fsp3) is 0.500. The predicted octanol–water partition coefficient (Wildman–Crippen LogP) is 2.13. The normalized spacial score (nSPS) is 31.9. The van der Waals surface area contributed by atoms with Gasteiger partial charge in [-0.15, -0.1) is 0 Å². The molecule has 0 spiro atoms. The van der Waals surface area contributed by atoms with E-state index in [-0.39, 0.29) is 12.1 Å². The number of amides is 2. The number of aromatic nitrogens is 2. The fourth-order valence-electron chi connectivity index (χ4n) is 4.06. The molecule has 2 aliphatic rings. The lowest BCUT2D eigenvalue weighted by Gasteiger charge is -2.27. The van der Waals surface area contributed by atoms with Gasteiger partial charge in [0.1, 0.15) is 0 Å². The van der Waals surface area contributed by atoms with Gasteiger partial charge in [0.2, 0.25) is 0 Å². The van der Waals surface area contributed by atoms with Crippen LogP contribution in [0.2, 0.25) is 5.02 Å². The van der Waals surface area contributed by atoms with Crippen LogP contribution in [0.25, 0.3) is 10.9 Å². The van der Waals surface area contributed by atoms with E-state index in [4.69, 9.17) is 11.6 Å². The molecular formula is C16H19ClN4O2. The standard InChI is InChI=1S/C16H19ClN4O2/c1-2-18-15(22)20-14-9-5-16(23,6-10(9)14)12-3-8(17)4-13-11(12)7-19-21-13/h3-4,7,9-10,14,23H,2,5-6H2,1H3,(H,19,21)(H2,18,20,22)/t9-,10+,14+,16+. The molecule has 0 unspecified atom stereocenters. The van der Waals surface area contributed by atoms with Crippen molar-refractivity contribution < 1.29 is 9.90 Å². The Balaban J connectivity index is 1.54. The van der Waals surface area contributed by atoms with Crippen molar-refractivity contribution in [2.75, 3.05) is 6.54 Å². The lowest BCUT2D eigenvalue weighted by molar-refractivity contribution is 0.0299. The summed E-state index contributed by atoms with van der Waals surface area (Å²) in [5.74, 6) is 0.645. The van der Waals surface area contributed by atoms with E-state index in [2.05, 4.69) is 20.8 Å². The summed E-state index contributed by atoms with van der Waals surface area (Å²) < 4.78 is 0. The topological polar surface area (TPSA) is 90.0 Å². The zero-order valence-corrected chi connectivity index (χ0v) is 13.5. The molecule has 6 nitrogen and oxygen atoms in total. The number of urea groups is 1. The molecule has 2 aliphatic carbocycles. The summed E-state index contributed by atoms with van der Waals surface area (Å²) in [6, 6.07) is 3.68. The third-order valence-corrected chi connectivity index (χ3v) is 5.36. The third kappa shape index (κ3) is 2.37. The number of carbonyl (C=O) groups excluding carboxylic acids is 1. The molecule has 1 aromatic carbocycles. The number of carbonyl (C=O) groups is 1. The number of benzene rings is 1. The summed E-state index contributed by atoms with van der Waals surface area (Å²) >= 11 is 6.18. The third-order valence-electron chi connectivity index (χ3n) is 5.14. The van der Waals surface area contributed by atoms with Crippen molar-refractivity contribution in [2.45, 2.75) is 31.4 Å². The van der Waals surface area contributed by atoms with Crippen LogP contribution in [0.5, 0.6) is 0 Å². The van der Waals surface area contributed by atoms with Crippen LogP contribution in [-0.2, 0) is 5.60 Å². The van der Waals surface area contributed by atoms with Gasteiger partial charge >= 0.3 is 6.03 Å². The van der Waals surface area contributed by atoms with E-state index in [9.17, 15) is 9.90 Å². The Morgan fingerprint density at radius 2 is 2.22 bits per heavy atom. The Morgan fingerprint density at radius 1 is 1.48 bits per heavy atom. The number of hydrogen-bond acceptors (Lipinski definition) is 3. The van der Waals surface area contributed by atoms with Crippen molar-refractivity contribution in [3.05, 3.63) is 28.9 Å². The number of halogens is 1. The number of nitrogens with one attached hydrogen (secondary N) is 3. The maximum atomic E-state index is 11.6. The molecule has 4 rings (SSSR count). The zero-order valence-electron chi connectivity index (χ0n) is 12.8. The van der Waals surface area contributed by atoms with Crippen molar-refractivity contribution in [3.8, 4) is 0 Å². The van der Waals surface area contributed by atoms with E-state index < -0.39 is 5.60 Å². The average Bonchev–Trinajstić information content (AvgIpc) is 2.90. The summed E-state index contributed by atoms with van der Waals surface area (Å²) in [7, 11) is 0. The van der Waals surface area contributed by atoms with Gasteiger partial charge in [0.15, 0.2) is 0 Å². The largest absolute Gasteiger partial charge is 0.385 e. The van der Waals surface area contributed by atoms with Gasteiger partial charge in [0.25, 0.3) is 0 Å². The molecule has 4 N–H and O–H groups in total. The molecular weight excluding hydrogens is 316 g/mol. The molecule has 1 heterocycles. The minimum absolute atomic E-state index is 0.129. The summed E-state index contributed by atoms with van der Waals surface area (Å²) in [4.78, 5) is 11.6. The van der Waals surface area contributed by atoms with Crippen LogP contribution in [0, 0.1) is 11.8 Å². The molecule has 23 heavy (non-hydrogen) atoms. The number of rotatable bonds is 3. The second kappa shape index (κ2) is 5.11. The van der Waals surface area contributed by atoms with Crippen LogP contribution in [0.4, 0.5) is 4.79 Å². The van der Waals surface area contributed by atoms with Crippen LogP contribution < -0.4 is 10.6 Å².